The fourth-order valence-electron chi connectivity index (χ4n) is 2.88. The Morgan fingerprint density at radius 2 is 1.87 bits per heavy atom. The molecule has 0 atom stereocenters. The molecule has 1 aliphatic rings. The Morgan fingerprint density at radius 3 is 2.74 bits per heavy atom. The number of nitrogens with two attached hydrogens (primary N) is 1. The largest absolute Gasteiger partial charge is 0.369 e. The summed E-state index contributed by atoms with van der Waals surface area (Å²) in [6.45, 7) is 0. The molecule has 112 valence electrons. The van der Waals surface area contributed by atoms with Crippen LogP contribution in [0.5, 0.6) is 0 Å². The number of nitrogens with one attached hydrogen (secondary N) is 1. The molecule has 3 aromatic carbocycles. The van der Waals surface area contributed by atoms with Gasteiger partial charge in [-0.05, 0) is 63.2 Å². The number of anilines is 1. The van der Waals surface area contributed by atoms with Gasteiger partial charge in [-0.25, -0.2) is 4.99 Å². The summed E-state index contributed by atoms with van der Waals surface area (Å²) in [5.74, 6) is 0.389. The van der Waals surface area contributed by atoms with Crippen molar-refractivity contribution < 1.29 is 0 Å². The smallest absolute Gasteiger partial charge is 0.198 e. The van der Waals surface area contributed by atoms with Gasteiger partial charge < -0.3 is 11.1 Å². The molecule has 0 fully saturated rings. The van der Waals surface area contributed by atoms with Crippen LogP contribution >= 0.6 is 22.6 Å². The summed E-state index contributed by atoms with van der Waals surface area (Å²) in [5.41, 5.74) is 10.3. The Labute approximate surface area is 148 Å². The van der Waals surface area contributed by atoms with Crippen molar-refractivity contribution in [2.75, 3.05) is 5.32 Å². The molecule has 1 aliphatic carbocycles. The number of nitrogens with zero attached hydrogens (tertiary/aromatic N) is 1. The fraction of sp³-hybridized carbons (Fsp3) is 0. The number of guanidine groups is 1. The number of benzene rings is 3. The van der Waals surface area contributed by atoms with Crippen LogP contribution in [0.15, 0.2) is 59.6 Å². The lowest BCUT2D eigenvalue weighted by molar-refractivity contribution is 1.44. The van der Waals surface area contributed by atoms with Crippen molar-refractivity contribution >= 4 is 62.8 Å². The molecule has 4 rings (SSSR count). The first-order valence-corrected chi connectivity index (χ1v) is 8.39. The molecule has 0 heterocycles. The van der Waals surface area contributed by atoms with Gasteiger partial charge in [0.2, 0.25) is 0 Å². The predicted molar refractivity (Wildman–Crippen MR) is 107 cm³/mol. The van der Waals surface area contributed by atoms with E-state index in [9.17, 15) is 0 Å². The van der Waals surface area contributed by atoms with Gasteiger partial charge in [-0.1, -0.05) is 42.5 Å². The lowest BCUT2D eigenvalue weighted by Crippen LogP contribution is -2.22. The van der Waals surface area contributed by atoms with Crippen molar-refractivity contribution in [1.29, 1.82) is 0 Å². The Kier molecular flexibility index (Phi) is 3.53. The third-order valence-electron chi connectivity index (χ3n) is 3.86. The van der Waals surface area contributed by atoms with Gasteiger partial charge in [-0.2, -0.15) is 0 Å². The second kappa shape index (κ2) is 5.70. The molecule has 0 amide bonds. The van der Waals surface area contributed by atoms with Crippen LogP contribution in [-0.2, 0) is 0 Å². The summed E-state index contributed by atoms with van der Waals surface area (Å²) < 4.78 is 1.15. The maximum Gasteiger partial charge on any atom is 0.198 e. The summed E-state index contributed by atoms with van der Waals surface area (Å²) in [7, 11) is 0. The Hall–Kier alpha value is -2.34. The molecule has 3 N–H and O–H groups in total. The summed E-state index contributed by atoms with van der Waals surface area (Å²) in [5, 5.41) is 5.62. The van der Waals surface area contributed by atoms with E-state index >= 15 is 0 Å². The molecule has 4 heteroatoms. The molecule has 3 aromatic rings. The van der Waals surface area contributed by atoms with Crippen LogP contribution in [0.1, 0.15) is 11.1 Å². The zero-order valence-electron chi connectivity index (χ0n) is 12.3. The third-order valence-corrected chi connectivity index (χ3v) is 4.53. The highest BCUT2D eigenvalue weighted by atomic mass is 127. The Balaban J connectivity index is 1.72. The highest BCUT2D eigenvalue weighted by Gasteiger charge is 2.12. The van der Waals surface area contributed by atoms with Crippen molar-refractivity contribution in [3.8, 4) is 0 Å². The van der Waals surface area contributed by atoms with Gasteiger partial charge in [0.1, 0.15) is 0 Å². The molecule has 0 aromatic heterocycles. The standard InChI is InChI=1S/C19H14IN3/c20-14-5-2-6-15(11-14)22-19(21)23-17-10-8-13-4-1-3-12-7-9-16(17)18(12)13/h1-11H,(H3,21,22,23). The summed E-state index contributed by atoms with van der Waals surface area (Å²) in [4.78, 5) is 4.57. The monoisotopic (exact) mass is 411 g/mol. The number of aliphatic imine (C=N–C) groups is 1. The fourth-order valence-corrected chi connectivity index (χ4v) is 3.42. The minimum atomic E-state index is 0.389. The van der Waals surface area contributed by atoms with E-state index in [1.807, 2.05) is 30.3 Å². The predicted octanol–water partition coefficient (Wildman–Crippen LogP) is 4.99. The van der Waals surface area contributed by atoms with E-state index in [0.717, 1.165) is 20.5 Å². The number of halogens is 1. The average molecular weight is 411 g/mol. The van der Waals surface area contributed by atoms with Crippen LogP contribution < -0.4 is 11.1 Å². The van der Waals surface area contributed by atoms with Gasteiger partial charge in [0.05, 0.1) is 5.69 Å². The molecule has 0 spiro atoms. The van der Waals surface area contributed by atoms with Crippen LogP contribution in [-0.4, -0.2) is 5.96 Å². The highest BCUT2D eigenvalue weighted by Crippen LogP contribution is 2.37. The van der Waals surface area contributed by atoms with Crippen LogP contribution in [0.4, 0.5) is 11.4 Å². The molecule has 0 saturated heterocycles. The van der Waals surface area contributed by atoms with Crippen molar-refractivity contribution in [3.05, 3.63) is 69.3 Å². The van der Waals surface area contributed by atoms with Gasteiger partial charge in [-0.15, -0.1) is 0 Å². The van der Waals surface area contributed by atoms with Gasteiger partial charge in [0, 0.05) is 14.8 Å². The first kappa shape index (κ1) is 14.3. The van der Waals surface area contributed by atoms with Crippen LogP contribution in [0, 0.1) is 3.57 Å². The lowest BCUT2D eigenvalue weighted by Gasteiger charge is -2.08. The molecule has 0 aliphatic heterocycles. The normalized spacial score (nSPS) is 12.8. The Morgan fingerprint density at radius 1 is 1.00 bits per heavy atom. The maximum absolute atomic E-state index is 6.08. The second-order valence-electron chi connectivity index (χ2n) is 5.41. The highest BCUT2D eigenvalue weighted by molar-refractivity contribution is 14.1. The van der Waals surface area contributed by atoms with Crippen LogP contribution in [0.25, 0.3) is 22.9 Å². The number of hydrogen-bond acceptors (Lipinski definition) is 1. The molecule has 23 heavy (non-hydrogen) atoms. The molecular formula is C19H14IN3. The zero-order valence-corrected chi connectivity index (χ0v) is 14.4. The topological polar surface area (TPSA) is 50.4 Å². The van der Waals surface area contributed by atoms with Crippen molar-refractivity contribution in [1.82, 2.24) is 0 Å². The zero-order chi connectivity index (χ0) is 15.8. The average Bonchev–Trinajstić information content (AvgIpc) is 2.96. The molecule has 0 radical (unpaired) electrons. The third kappa shape index (κ3) is 2.70. The van der Waals surface area contributed by atoms with Gasteiger partial charge in [0.25, 0.3) is 0 Å². The van der Waals surface area contributed by atoms with Crippen LogP contribution in [0.3, 0.4) is 0 Å². The molecule has 0 bridgehead atoms. The quantitative estimate of drug-likeness (QED) is 0.278. The number of hydrogen-bond donors (Lipinski definition) is 2. The molecule has 0 unspecified atom stereocenters. The first-order valence-electron chi connectivity index (χ1n) is 7.31. The van der Waals surface area contributed by atoms with E-state index in [0.29, 0.717) is 5.96 Å². The van der Waals surface area contributed by atoms with Gasteiger partial charge in [0.15, 0.2) is 5.96 Å². The summed E-state index contributed by atoms with van der Waals surface area (Å²) >= 11 is 2.27. The first-order chi connectivity index (χ1) is 11.2. The number of rotatable bonds is 2. The summed E-state index contributed by atoms with van der Waals surface area (Å²) in [6, 6.07) is 18.5. The van der Waals surface area contributed by atoms with E-state index in [1.165, 1.54) is 16.3 Å². The summed E-state index contributed by atoms with van der Waals surface area (Å²) in [6.07, 6.45) is 4.23. The van der Waals surface area contributed by atoms with E-state index < -0.39 is 0 Å². The Bertz CT molecular complexity index is 974. The van der Waals surface area contributed by atoms with Crippen LogP contribution in [0.2, 0.25) is 0 Å². The van der Waals surface area contributed by atoms with Crippen molar-refractivity contribution in [3.63, 3.8) is 0 Å². The lowest BCUT2D eigenvalue weighted by atomic mass is 10.0. The van der Waals surface area contributed by atoms with E-state index in [4.69, 9.17) is 5.73 Å². The minimum absolute atomic E-state index is 0.389. The molecular weight excluding hydrogens is 397 g/mol. The van der Waals surface area contributed by atoms with E-state index in [-0.39, 0.29) is 0 Å². The second-order valence-corrected chi connectivity index (χ2v) is 6.66. The maximum atomic E-state index is 6.08. The van der Waals surface area contributed by atoms with Crippen molar-refractivity contribution in [2.24, 2.45) is 10.7 Å². The van der Waals surface area contributed by atoms with Gasteiger partial charge in [-0.3, -0.25) is 0 Å². The van der Waals surface area contributed by atoms with Crippen molar-refractivity contribution in [2.45, 2.75) is 0 Å². The van der Waals surface area contributed by atoms with E-state index in [1.54, 1.807) is 0 Å². The molecule has 3 nitrogen and oxygen atoms in total. The SMILES string of the molecule is NC(=Nc1ccc2cccc3c2c1C=C3)Nc1cccc(I)c1. The van der Waals surface area contributed by atoms with E-state index in [2.05, 4.69) is 69.3 Å². The van der Waals surface area contributed by atoms with Gasteiger partial charge >= 0.3 is 0 Å². The minimum Gasteiger partial charge on any atom is -0.369 e. The molecule has 0 saturated carbocycles.